The fourth-order valence-corrected chi connectivity index (χ4v) is 6.15. The van der Waals surface area contributed by atoms with E-state index in [1.54, 1.807) is 44.1 Å². The predicted octanol–water partition coefficient (Wildman–Crippen LogP) is 1.96. The molecule has 2 amide bonds. The molecule has 2 aromatic carbocycles. The van der Waals surface area contributed by atoms with Crippen LogP contribution in [0.2, 0.25) is 0 Å². The lowest BCUT2D eigenvalue weighted by atomic mass is 9.89. The van der Waals surface area contributed by atoms with Gasteiger partial charge in [-0.15, -0.1) is 5.10 Å². The number of amides is 2. The van der Waals surface area contributed by atoms with Gasteiger partial charge in [-0.2, -0.15) is 18.4 Å². The minimum Gasteiger partial charge on any atom is -0.554 e. The van der Waals surface area contributed by atoms with E-state index in [9.17, 15) is 32.8 Å². The van der Waals surface area contributed by atoms with Crippen molar-refractivity contribution in [2.75, 3.05) is 59.3 Å². The first kappa shape index (κ1) is 36.2. The molecule has 17 heteroatoms. The lowest BCUT2D eigenvalue weighted by molar-refractivity contribution is -0.926. The summed E-state index contributed by atoms with van der Waals surface area (Å²) in [5, 5.41) is 24.6. The number of allylic oxidation sites excluding steroid dienone is 1. The summed E-state index contributed by atoms with van der Waals surface area (Å²) in [6.07, 6.45) is -4.63. The molecule has 5 rings (SSSR count). The number of carboxylic acid groups (broad SMARTS) is 1. The zero-order chi connectivity index (χ0) is 36.3. The first-order valence-electron chi connectivity index (χ1n) is 14.9. The third-order valence-corrected chi connectivity index (χ3v) is 8.57. The van der Waals surface area contributed by atoms with E-state index >= 15 is 0 Å². The smallest absolute Gasteiger partial charge is 0.416 e. The van der Waals surface area contributed by atoms with Gasteiger partial charge in [0.2, 0.25) is 5.95 Å². The number of hydrogen-bond donors (Lipinski definition) is 1. The summed E-state index contributed by atoms with van der Waals surface area (Å²) >= 11 is 0. The number of aromatic amines is 1. The Morgan fingerprint density at radius 3 is 2.43 bits per heavy atom. The number of methoxy groups -OCH3 is 1. The van der Waals surface area contributed by atoms with E-state index in [4.69, 9.17) is 14.6 Å². The summed E-state index contributed by atoms with van der Waals surface area (Å²) < 4.78 is 47.9. The number of hydrogen-bond acceptors (Lipinski definition) is 9. The highest BCUT2D eigenvalue weighted by Gasteiger charge is 2.42. The predicted molar refractivity (Wildman–Crippen MR) is 167 cm³/mol. The number of quaternary nitrogens is 1. The third kappa shape index (κ3) is 7.28. The second-order valence-corrected chi connectivity index (χ2v) is 12.0. The third-order valence-electron chi connectivity index (χ3n) is 8.57. The average Bonchev–Trinajstić information content (AvgIpc) is 3.44. The van der Waals surface area contributed by atoms with Gasteiger partial charge in [-0.05, 0) is 42.8 Å². The summed E-state index contributed by atoms with van der Waals surface area (Å²) in [6.45, 7) is 3.69. The van der Waals surface area contributed by atoms with Gasteiger partial charge in [0.1, 0.15) is 12.6 Å². The molecule has 1 aromatic heterocycles. The number of carbonyl (C=O) groups excluding carboxylic acids is 3. The van der Waals surface area contributed by atoms with Gasteiger partial charge in [0.05, 0.1) is 63.1 Å². The van der Waals surface area contributed by atoms with Crippen LogP contribution in [0, 0.1) is 11.3 Å². The number of alkyl halides is 3. The summed E-state index contributed by atoms with van der Waals surface area (Å²) in [4.78, 5) is 52.4. The highest BCUT2D eigenvalue weighted by Crippen LogP contribution is 2.44. The molecule has 2 aliphatic heterocycles. The number of anilines is 2. The molecule has 0 spiro atoms. The minimum atomic E-state index is -4.63. The number of esters is 1. The zero-order valence-electron chi connectivity index (χ0n) is 27.4. The van der Waals surface area contributed by atoms with Crippen LogP contribution in [0.4, 0.5) is 29.6 Å². The summed E-state index contributed by atoms with van der Waals surface area (Å²) in [6, 6.07) is 10.5. The summed E-state index contributed by atoms with van der Waals surface area (Å²) in [7, 11) is 6.61. The fraction of sp³-hybridized carbons (Fsp3) is 0.375. The lowest BCUT2D eigenvalue weighted by Crippen LogP contribution is -2.59. The molecule has 1 fully saturated rings. The van der Waals surface area contributed by atoms with Crippen molar-refractivity contribution in [2.24, 2.45) is 0 Å². The molecule has 0 radical (unpaired) electrons. The number of urea groups is 1. The fourth-order valence-electron chi connectivity index (χ4n) is 6.15. The number of carbonyl (C=O) groups is 3. The van der Waals surface area contributed by atoms with E-state index in [1.807, 2.05) is 7.05 Å². The van der Waals surface area contributed by atoms with Crippen LogP contribution in [0.1, 0.15) is 35.2 Å². The van der Waals surface area contributed by atoms with E-state index in [1.165, 1.54) is 33.6 Å². The van der Waals surface area contributed by atoms with E-state index < -0.39 is 35.9 Å². The maximum Gasteiger partial charge on any atom is 0.416 e. The SMILES string of the molecule is COC(=O)C1=C(C)N(c2cccc(C(F)(F)F)c2)c2n[nH]c(=O)n2C1c1ccc(C#N)cc1C[N+]1(C)CCN(C(=O)N(C)C)CC1.O=C[O-]. The van der Waals surface area contributed by atoms with Gasteiger partial charge in [-0.3, -0.25) is 4.90 Å². The second kappa shape index (κ2) is 14.2. The first-order chi connectivity index (χ1) is 23.1. The van der Waals surface area contributed by atoms with E-state index in [0.29, 0.717) is 53.9 Å². The van der Waals surface area contributed by atoms with Crippen molar-refractivity contribution in [1.82, 2.24) is 24.6 Å². The van der Waals surface area contributed by atoms with Crippen LogP contribution >= 0.6 is 0 Å². The highest BCUT2D eigenvalue weighted by atomic mass is 19.4. The largest absolute Gasteiger partial charge is 0.554 e. The number of nitrogens with zero attached hydrogens (tertiary/aromatic N) is 7. The van der Waals surface area contributed by atoms with Crippen LogP contribution in [-0.2, 0) is 27.0 Å². The maximum atomic E-state index is 13.7. The average molecular weight is 685 g/mol. The molecule has 0 saturated carbocycles. The Bertz CT molecular complexity index is 1870. The lowest BCUT2D eigenvalue weighted by Gasteiger charge is -2.43. The number of benzene rings is 2. The number of ether oxygens (including phenoxy) is 1. The normalized spacial score (nSPS) is 16.9. The van der Waals surface area contributed by atoms with Crippen molar-refractivity contribution >= 4 is 30.1 Å². The molecule has 3 heterocycles. The highest BCUT2D eigenvalue weighted by molar-refractivity contribution is 5.93. The molecule has 3 aromatic rings. The Morgan fingerprint density at radius 2 is 1.86 bits per heavy atom. The number of likely N-dealkylation sites (N-methyl/N-ethyl adjacent to an activating group) is 1. The number of H-pyrrole nitrogens is 1. The number of nitrogens with one attached hydrogen (secondary N) is 1. The van der Waals surface area contributed by atoms with Gasteiger partial charge >= 0.3 is 23.9 Å². The Morgan fingerprint density at radius 1 is 1.20 bits per heavy atom. The molecule has 14 nitrogen and oxygen atoms in total. The number of rotatable bonds is 5. The Hall–Kier alpha value is -5.63. The van der Waals surface area contributed by atoms with E-state index in [0.717, 1.165) is 12.1 Å². The number of fused-ring (bicyclic) bond motifs is 1. The first-order valence-corrected chi connectivity index (χ1v) is 14.9. The van der Waals surface area contributed by atoms with Gasteiger partial charge in [0.15, 0.2) is 0 Å². The van der Waals surface area contributed by atoms with Gasteiger partial charge < -0.3 is 28.9 Å². The molecule has 1 saturated heterocycles. The molecule has 49 heavy (non-hydrogen) atoms. The number of aromatic nitrogens is 3. The van der Waals surface area contributed by atoms with Crippen molar-refractivity contribution < 1.29 is 41.9 Å². The molecule has 0 aliphatic carbocycles. The molecule has 2 aliphatic rings. The summed E-state index contributed by atoms with van der Waals surface area (Å²) in [5.41, 5.74) is 0.238. The maximum absolute atomic E-state index is 13.7. The molecule has 260 valence electrons. The molecular weight excluding hydrogens is 649 g/mol. The van der Waals surface area contributed by atoms with Gasteiger partial charge in [-0.1, -0.05) is 12.1 Å². The van der Waals surface area contributed by atoms with Crippen molar-refractivity contribution in [3.8, 4) is 6.07 Å². The standard InChI is InChI=1S/C31H33F3N8O4.CH2O2/c1-19-25(27(43)46-5)26(41-28(36-37-29(41)44)40(19)23-8-6-7-22(16-23)31(32,33)34)24-10-9-20(17-35)15-21(24)18-42(4)13-11-39(12-14-42)30(45)38(2)3;2-1-3/h6-10,15-16,26H,11-14,18H2,1-5H3;1H,(H,2,3). The molecular formula is C32H35F3N8O6. The second-order valence-electron chi connectivity index (χ2n) is 12.0. The van der Waals surface area contributed by atoms with Gasteiger partial charge in [0, 0.05) is 37.5 Å². The van der Waals surface area contributed by atoms with E-state index in [2.05, 4.69) is 16.3 Å². The Kier molecular flexibility index (Phi) is 10.5. The van der Waals surface area contributed by atoms with Crippen molar-refractivity contribution in [3.05, 3.63) is 86.5 Å². The van der Waals surface area contributed by atoms with Gasteiger partial charge in [0.25, 0.3) is 0 Å². The van der Waals surface area contributed by atoms with Crippen molar-refractivity contribution in [3.63, 3.8) is 0 Å². The monoisotopic (exact) mass is 684 g/mol. The number of nitriles is 1. The van der Waals surface area contributed by atoms with E-state index in [-0.39, 0.29) is 28.9 Å². The Balaban J connectivity index is 0.00000174. The van der Waals surface area contributed by atoms with Crippen LogP contribution in [-0.4, -0.2) is 102 Å². The molecule has 1 unspecified atom stereocenters. The molecule has 1 atom stereocenters. The zero-order valence-corrected chi connectivity index (χ0v) is 27.4. The minimum absolute atomic E-state index is 0.0194. The van der Waals surface area contributed by atoms with Crippen LogP contribution in [0.25, 0.3) is 0 Å². The van der Waals surface area contributed by atoms with Crippen molar-refractivity contribution in [1.29, 1.82) is 5.26 Å². The van der Waals surface area contributed by atoms with Crippen LogP contribution < -0.4 is 15.7 Å². The Labute approximate surface area is 279 Å². The summed E-state index contributed by atoms with van der Waals surface area (Å²) in [5.74, 6) is -0.810. The quantitative estimate of drug-likeness (QED) is 0.240. The van der Waals surface area contributed by atoms with Crippen LogP contribution in [0.3, 0.4) is 0 Å². The van der Waals surface area contributed by atoms with Crippen LogP contribution in [0.15, 0.2) is 58.5 Å². The number of halogens is 3. The topological polar surface area (TPSA) is 168 Å². The van der Waals surface area contributed by atoms with Gasteiger partial charge in [-0.25, -0.2) is 24.0 Å². The molecule has 0 bridgehead atoms. The van der Waals surface area contributed by atoms with Crippen molar-refractivity contribution in [2.45, 2.75) is 25.7 Å². The molecule has 1 N–H and O–H groups in total. The van der Waals surface area contributed by atoms with Crippen LogP contribution in [0.5, 0.6) is 0 Å². The number of piperazine rings is 1.